The van der Waals surface area contributed by atoms with Crippen LogP contribution in [0.25, 0.3) is 10.1 Å². The molecule has 0 aliphatic heterocycles. The van der Waals surface area contributed by atoms with Crippen molar-refractivity contribution >= 4 is 50.3 Å². The zero-order chi connectivity index (χ0) is 18.8. The van der Waals surface area contributed by atoms with Crippen LogP contribution in [0, 0.1) is 10.1 Å². The Morgan fingerprint density at radius 1 is 1.27 bits per heavy atom. The molecule has 0 fully saturated rings. The van der Waals surface area contributed by atoms with Crippen LogP contribution in [0.4, 0.5) is 11.4 Å². The van der Waals surface area contributed by atoms with Crippen molar-refractivity contribution in [3.63, 3.8) is 0 Å². The molecule has 3 rings (SSSR count). The van der Waals surface area contributed by atoms with Gasteiger partial charge < -0.3 is 5.32 Å². The summed E-state index contributed by atoms with van der Waals surface area (Å²) in [7, 11) is 0. The zero-order valence-electron chi connectivity index (χ0n) is 14.3. The van der Waals surface area contributed by atoms with Crippen molar-refractivity contribution in [3.05, 3.63) is 68.0 Å². The van der Waals surface area contributed by atoms with E-state index in [1.165, 1.54) is 11.6 Å². The third kappa shape index (κ3) is 3.43. The number of hydrogen-bond acceptors (Lipinski definition) is 4. The number of halogens is 1. The lowest BCUT2D eigenvalue weighted by atomic mass is 9.99. The van der Waals surface area contributed by atoms with E-state index in [9.17, 15) is 14.9 Å². The molecule has 1 N–H and O–H groups in total. The van der Waals surface area contributed by atoms with Gasteiger partial charge in [0.25, 0.3) is 11.6 Å². The second kappa shape index (κ2) is 7.43. The summed E-state index contributed by atoms with van der Waals surface area (Å²) in [5.41, 5.74) is 1.82. The minimum absolute atomic E-state index is 0.0497. The Morgan fingerprint density at radius 2 is 1.96 bits per heavy atom. The number of nitro groups is 1. The van der Waals surface area contributed by atoms with Gasteiger partial charge in [-0.05, 0) is 30.0 Å². The smallest absolute Gasteiger partial charge is 0.287 e. The third-order valence-corrected chi connectivity index (χ3v) is 6.12. The Hall–Kier alpha value is -2.44. The number of non-ortho nitro benzene ring substituents is 1. The first kappa shape index (κ1) is 18.4. The fraction of sp³-hybridized carbons (Fsp3) is 0.211. The molecule has 2 aromatic carbocycles. The number of nitrogens with zero attached hydrogens (tertiary/aromatic N) is 1. The maximum Gasteiger partial charge on any atom is 0.287 e. The number of anilines is 1. The van der Waals surface area contributed by atoms with Gasteiger partial charge in [0.15, 0.2) is 0 Å². The molecule has 134 valence electrons. The highest BCUT2D eigenvalue weighted by Gasteiger charge is 2.22. The lowest BCUT2D eigenvalue weighted by molar-refractivity contribution is -0.382. The summed E-state index contributed by atoms with van der Waals surface area (Å²) in [5.74, 6) is 0.0825. The summed E-state index contributed by atoms with van der Waals surface area (Å²) in [6, 6.07) is 12.3. The standard InChI is InChI=1S/C19H17ClN2O3S/c1-3-11(2)12-7-9-13(10-8-12)21-19(23)18-16(20)14-5-4-6-15(22(24)25)17(14)26-18/h4-11H,3H2,1-2H3,(H,21,23). The van der Waals surface area contributed by atoms with Crippen LogP contribution in [0.1, 0.15) is 41.4 Å². The molecule has 26 heavy (non-hydrogen) atoms. The highest BCUT2D eigenvalue weighted by atomic mass is 35.5. The molecule has 0 saturated carbocycles. The predicted molar refractivity (Wildman–Crippen MR) is 107 cm³/mol. The minimum Gasteiger partial charge on any atom is -0.321 e. The molecular weight excluding hydrogens is 372 g/mol. The quantitative estimate of drug-likeness (QED) is 0.416. The minimum atomic E-state index is -0.468. The molecule has 1 heterocycles. The van der Waals surface area contributed by atoms with Crippen LogP contribution in [-0.2, 0) is 0 Å². The topological polar surface area (TPSA) is 72.2 Å². The number of carbonyl (C=O) groups excluding carboxylic acids is 1. The molecule has 1 amide bonds. The Bertz CT molecular complexity index is 982. The normalized spacial score (nSPS) is 12.1. The summed E-state index contributed by atoms with van der Waals surface area (Å²) < 4.78 is 0.403. The van der Waals surface area contributed by atoms with Crippen molar-refractivity contribution in [3.8, 4) is 0 Å². The monoisotopic (exact) mass is 388 g/mol. The van der Waals surface area contributed by atoms with Crippen LogP contribution in [-0.4, -0.2) is 10.8 Å². The third-order valence-electron chi connectivity index (χ3n) is 4.39. The van der Waals surface area contributed by atoms with Crippen LogP contribution in [0.15, 0.2) is 42.5 Å². The number of thiophene rings is 1. The van der Waals surface area contributed by atoms with E-state index < -0.39 is 4.92 Å². The van der Waals surface area contributed by atoms with E-state index >= 15 is 0 Å². The average molecular weight is 389 g/mol. The van der Waals surface area contributed by atoms with Crippen molar-refractivity contribution in [2.24, 2.45) is 0 Å². The lowest BCUT2D eigenvalue weighted by Gasteiger charge is -2.10. The Balaban J connectivity index is 1.89. The van der Waals surface area contributed by atoms with E-state index in [0.29, 0.717) is 21.7 Å². The molecule has 0 spiro atoms. The van der Waals surface area contributed by atoms with E-state index in [-0.39, 0.29) is 21.5 Å². The van der Waals surface area contributed by atoms with E-state index in [1.54, 1.807) is 12.1 Å². The number of fused-ring (bicyclic) bond motifs is 1. The predicted octanol–water partition coefficient (Wildman–Crippen LogP) is 6.23. The number of nitro benzene ring substituents is 1. The van der Waals surface area contributed by atoms with Gasteiger partial charge in [0.2, 0.25) is 0 Å². The van der Waals surface area contributed by atoms with Gasteiger partial charge >= 0.3 is 0 Å². The summed E-state index contributed by atoms with van der Waals surface area (Å²) in [4.78, 5) is 23.6. The van der Waals surface area contributed by atoms with Crippen LogP contribution < -0.4 is 5.32 Å². The molecule has 1 atom stereocenters. The van der Waals surface area contributed by atoms with Gasteiger partial charge in [0, 0.05) is 17.1 Å². The van der Waals surface area contributed by atoms with Crippen LogP contribution in [0.5, 0.6) is 0 Å². The van der Waals surface area contributed by atoms with Gasteiger partial charge in [0.1, 0.15) is 9.58 Å². The number of rotatable bonds is 5. The van der Waals surface area contributed by atoms with E-state index in [4.69, 9.17) is 11.6 Å². The van der Waals surface area contributed by atoms with Crippen molar-refractivity contribution in [2.45, 2.75) is 26.2 Å². The fourth-order valence-corrected chi connectivity index (χ4v) is 4.17. The molecule has 0 bridgehead atoms. The Morgan fingerprint density at radius 3 is 2.58 bits per heavy atom. The SMILES string of the molecule is CCC(C)c1ccc(NC(=O)c2sc3c([N+](=O)[O-])cccc3c2Cl)cc1. The van der Waals surface area contributed by atoms with E-state index in [0.717, 1.165) is 17.8 Å². The second-order valence-electron chi connectivity index (χ2n) is 6.04. The highest BCUT2D eigenvalue weighted by Crippen LogP contribution is 2.40. The van der Waals surface area contributed by atoms with E-state index in [1.807, 2.05) is 24.3 Å². The maximum atomic E-state index is 12.6. The molecule has 0 saturated heterocycles. The number of hydrogen-bond donors (Lipinski definition) is 1. The van der Waals surface area contributed by atoms with Gasteiger partial charge in [0.05, 0.1) is 9.95 Å². The highest BCUT2D eigenvalue weighted by molar-refractivity contribution is 7.22. The average Bonchev–Trinajstić information content (AvgIpc) is 2.98. The van der Waals surface area contributed by atoms with Crippen molar-refractivity contribution < 1.29 is 9.72 Å². The van der Waals surface area contributed by atoms with Crippen LogP contribution in [0.2, 0.25) is 5.02 Å². The first-order chi connectivity index (χ1) is 12.4. The number of benzene rings is 2. The van der Waals surface area contributed by atoms with Crippen molar-refractivity contribution in [2.75, 3.05) is 5.32 Å². The number of nitrogens with one attached hydrogen (secondary N) is 1. The summed E-state index contributed by atoms with van der Waals surface area (Å²) in [6.07, 6.45) is 1.04. The second-order valence-corrected chi connectivity index (χ2v) is 7.44. The molecule has 0 aliphatic carbocycles. The van der Waals surface area contributed by atoms with Gasteiger partial charge in [-0.25, -0.2) is 0 Å². The molecule has 3 aromatic rings. The fourth-order valence-electron chi connectivity index (χ4n) is 2.68. The number of amides is 1. The largest absolute Gasteiger partial charge is 0.321 e. The molecule has 1 aromatic heterocycles. The van der Waals surface area contributed by atoms with Gasteiger partial charge in [-0.15, -0.1) is 11.3 Å². The lowest BCUT2D eigenvalue weighted by Crippen LogP contribution is -2.10. The molecule has 7 heteroatoms. The number of carbonyl (C=O) groups is 1. The molecule has 5 nitrogen and oxygen atoms in total. The Kier molecular flexibility index (Phi) is 5.25. The van der Waals surface area contributed by atoms with Crippen LogP contribution in [0.3, 0.4) is 0 Å². The molecule has 1 unspecified atom stereocenters. The van der Waals surface area contributed by atoms with Crippen molar-refractivity contribution in [1.82, 2.24) is 0 Å². The molecular formula is C19H17ClN2O3S. The summed E-state index contributed by atoms with van der Waals surface area (Å²) >= 11 is 7.34. The van der Waals surface area contributed by atoms with Crippen molar-refractivity contribution in [1.29, 1.82) is 0 Å². The molecule has 0 aliphatic rings. The Labute approximate surface area is 159 Å². The summed E-state index contributed by atoms with van der Waals surface area (Å²) in [6.45, 7) is 4.28. The first-order valence-corrected chi connectivity index (χ1v) is 9.38. The zero-order valence-corrected chi connectivity index (χ0v) is 15.9. The molecule has 0 radical (unpaired) electrons. The maximum absolute atomic E-state index is 12.6. The van der Waals surface area contributed by atoms with Gasteiger partial charge in [-0.3, -0.25) is 14.9 Å². The van der Waals surface area contributed by atoms with Crippen LogP contribution >= 0.6 is 22.9 Å². The van der Waals surface area contributed by atoms with E-state index in [2.05, 4.69) is 19.2 Å². The van der Waals surface area contributed by atoms with Gasteiger partial charge in [-0.1, -0.05) is 49.7 Å². The summed E-state index contributed by atoms with van der Waals surface area (Å²) in [5, 5.41) is 14.7. The first-order valence-electron chi connectivity index (χ1n) is 8.19. The van der Waals surface area contributed by atoms with Gasteiger partial charge in [-0.2, -0.15) is 0 Å².